The number of carbonyl (C=O) groups excluding carboxylic acids is 2. The molecule has 0 aliphatic carbocycles. The van der Waals surface area contributed by atoms with Gasteiger partial charge in [-0.15, -0.1) is 11.3 Å². The quantitative estimate of drug-likeness (QED) is 0.833. The number of amides is 2. The van der Waals surface area contributed by atoms with Gasteiger partial charge < -0.3 is 10.6 Å². The van der Waals surface area contributed by atoms with Crippen LogP contribution in [0.15, 0.2) is 29.6 Å². The zero-order valence-electron chi connectivity index (χ0n) is 14.4. The van der Waals surface area contributed by atoms with Crippen LogP contribution in [0.25, 0.3) is 0 Å². The van der Waals surface area contributed by atoms with E-state index >= 15 is 0 Å². The Labute approximate surface area is 151 Å². The second-order valence-electron chi connectivity index (χ2n) is 5.79. The SMILES string of the molecule is Cc1cccc(NC(=O)CN(C)CC(=O)Nc2sccc2C#N)c1C. The van der Waals surface area contributed by atoms with Gasteiger partial charge in [-0.25, -0.2) is 0 Å². The van der Waals surface area contributed by atoms with Crippen molar-refractivity contribution in [2.24, 2.45) is 0 Å². The van der Waals surface area contributed by atoms with E-state index in [2.05, 4.69) is 10.6 Å². The van der Waals surface area contributed by atoms with E-state index in [1.165, 1.54) is 11.3 Å². The molecule has 0 unspecified atom stereocenters. The van der Waals surface area contributed by atoms with Gasteiger partial charge in [-0.05, 0) is 49.5 Å². The minimum absolute atomic E-state index is 0.0585. The topological polar surface area (TPSA) is 85.2 Å². The monoisotopic (exact) mass is 356 g/mol. The number of anilines is 2. The molecule has 25 heavy (non-hydrogen) atoms. The van der Waals surface area contributed by atoms with Crippen LogP contribution < -0.4 is 10.6 Å². The molecular formula is C18H20N4O2S. The van der Waals surface area contributed by atoms with Crippen LogP contribution in [0.1, 0.15) is 16.7 Å². The van der Waals surface area contributed by atoms with Crippen LogP contribution in [0.5, 0.6) is 0 Å². The Kier molecular flexibility index (Phi) is 6.28. The number of hydrogen-bond donors (Lipinski definition) is 2. The Morgan fingerprint density at radius 2 is 1.84 bits per heavy atom. The van der Waals surface area contributed by atoms with Crippen molar-refractivity contribution in [3.05, 3.63) is 46.3 Å². The molecule has 6 nitrogen and oxygen atoms in total. The maximum Gasteiger partial charge on any atom is 0.239 e. The van der Waals surface area contributed by atoms with Gasteiger partial charge in [-0.2, -0.15) is 5.26 Å². The Bertz CT molecular complexity index is 823. The summed E-state index contributed by atoms with van der Waals surface area (Å²) in [6.07, 6.45) is 0. The molecule has 1 heterocycles. The summed E-state index contributed by atoms with van der Waals surface area (Å²) < 4.78 is 0. The third-order valence-electron chi connectivity index (χ3n) is 3.74. The van der Waals surface area contributed by atoms with E-state index in [-0.39, 0.29) is 24.9 Å². The fraction of sp³-hybridized carbons (Fsp3) is 0.278. The second kappa shape index (κ2) is 8.42. The molecule has 0 saturated heterocycles. The fourth-order valence-corrected chi connectivity index (χ4v) is 3.04. The summed E-state index contributed by atoms with van der Waals surface area (Å²) in [5, 5.41) is 16.8. The molecule has 2 N–H and O–H groups in total. The van der Waals surface area contributed by atoms with E-state index < -0.39 is 0 Å². The minimum atomic E-state index is -0.263. The highest BCUT2D eigenvalue weighted by molar-refractivity contribution is 7.14. The first-order valence-corrected chi connectivity index (χ1v) is 8.60. The minimum Gasteiger partial charge on any atom is -0.325 e. The molecule has 130 valence electrons. The standard InChI is InChI=1S/C18H20N4O2S/c1-12-5-4-6-15(13(12)2)20-16(23)10-22(3)11-17(24)21-18-14(9-19)7-8-25-18/h4-8H,10-11H2,1-3H3,(H,20,23)(H,21,24). The largest absolute Gasteiger partial charge is 0.325 e. The molecule has 1 aromatic carbocycles. The van der Waals surface area contributed by atoms with E-state index in [9.17, 15) is 9.59 Å². The fourth-order valence-electron chi connectivity index (χ4n) is 2.28. The molecule has 1 aromatic heterocycles. The number of nitrogens with zero attached hydrogens (tertiary/aromatic N) is 2. The highest BCUT2D eigenvalue weighted by Gasteiger charge is 2.14. The van der Waals surface area contributed by atoms with Gasteiger partial charge in [-0.1, -0.05) is 12.1 Å². The zero-order chi connectivity index (χ0) is 18.4. The molecule has 0 radical (unpaired) electrons. The Hall–Kier alpha value is -2.69. The molecule has 0 atom stereocenters. The average Bonchev–Trinajstić information content (AvgIpc) is 2.98. The first kappa shape index (κ1) is 18.6. The van der Waals surface area contributed by atoms with Crippen molar-refractivity contribution >= 4 is 33.8 Å². The third kappa shape index (κ3) is 5.14. The highest BCUT2D eigenvalue weighted by Crippen LogP contribution is 2.22. The van der Waals surface area contributed by atoms with Crippen molar-refractivity contribution in [2.45, 2.75) is 13.8 Å². The summed E-state index contributed by atoms with van der Waals surface area (Å²) in [4.78, 5) is 25.8. The van der Waals surface area contributed by atoms with Crippen LogP contribution in [0.4, 0.5) is 10.7 Å². The summed E-state index contributed by atoms with van der Waals surface area (Å²) in [5.74, 6) is -0.446. The first-order valence-electron chi connectivity index (χ1n) is 7.72. The molecule has 0 bridgehead atoms. The summed E-state index contributed by atoms with van der Waals surface area (Å²) >= 11 is 1.30. The number of aryl methyl sites for hydroxylation is 1. The van der Waals surface area contributed by atoms with Crippen LogP contribution in [0, 0.1) is 25.2 Å². The number of thiophene rings is 1. The van der Waals surface area contributed by atoms with Crippen LogP contribution in [-0.2, 0) is 9.59 Å². The van der Waals surface area contributed by atoms with Gasteiger partial charge in [0.2, 0.25) is 11.8 Å². The Morgan fingerprint density at radius 3 is 2.52 bits per heavy atom. The zero-order valence-corrected chi connectivity index (χ0v) is 15.2. The van der Waals surface area contributed by atoms with Crippen LogP contribution >= 0.6 is 11.3 Å². The smallest absolute Gasteiger partial charge is 0.239 e. The van der Waals surface area contributed by atoms with Gasteiger partial charge in [0.05, 0.1) is 18.7 Å². The number of rotatable bonds is 6. The molecule has 0 fully saturated rings. The third-order valence-corrected chi connectivity index (χ3v) is 4.57. The van der Waals surface area contributed by atoms with Gasteiger partial charge >= 0.3 is 0 Å². The van der Waals surface area contributed by atoms with Crippen molar-refractivity contribution in [1.82, 2.24) is 4.90 Å². The van der Waals surface area contributed by atoms with Crippen molar-refractivity contribution in [3.8, 4) is 6.07 Å². The molecule has 0 spiro atoms. The van der Waals surface area contributed by atoms with Crippen LogP contribution in [0.3, 0.4) is 0 Å². The number of nitrogens with one attached hydrogen (secondary N) is 2. The lowest BCUT2D eigenvalue weighted by Crippen LogP contribution is -2.36. The van der Waals surface area contributed by atoms with E-state index in [1.54, 1.807) is 23.4 Å². The normalized spacial score (nSPS) is 10.4. The number of carbonyl (C=O) groups is 2. The van der Waals surface area contributed by atoms with Gasteiger partial charge in [0.25, 0.3) is 0 Å². The van der Waals surface area contributed by atoms with Crippen molar-refractivity contribution in [2.75, 3.05) is 30.8 Å². The van der Waals surface area contributed by atoms with Crippen molar-refractivity contribution in [1.29, 1.82) is 5.26 Å². The van der Waals surface area contributed by atoms with E-state index in [4.69, 9.17) is 5.26 Å². The van der Waals surface area contributed by atoms with E-state index in [1.807, 2.05) is 38.1 Å². The van der Waals surface area contributed by atoms with Gasteiger partial charge in [0.1, 0.15) is 11.1 Å². The predicted octanol–water partition coefficient (Wildman–Crippen LogP) is 2.75. The summed E-state index contributed by atoms with van der Waals surface area (Å²) in [7, 11) is 1.70. The van der Waals surface area contributed by atoms with Gasteiger partial charge in [0.15, 0.2) is 0 Å². The lowest BCUT2D eigenvalue weighted by molar-refractivity contribution is -0.119. The maximum atomic E-state index is 12.2. The Balaban J connectivity index is 1.86. The number of nitriles is 1. The molecule has 2 rings (SSSR count). The predicted molar refractivity (Wildman–Crippen MR) is 99.7 cm³/mol. The molecule has 0 aliphatic rings. The molecule has 0 saturated carbocycles. The molecule has 2 aromatic rings. The van der Waals surface area contributed by atoms with Crippen molar-refractivity contribution in [3.63, 3.8) is 0 Å². The number of likely N-dealkylation sites (N-methyl/N-ethyl adjacent to an activating group) is 1. The maximum absolute atomic E-state index is 12.2. The van der Waals surface area contributed by atoms with Gasteiger partial charge in [0, 0.05) is 5.69 Å². The lowest BCUT2D eigenvalue weighted by Gasteiger charge is -2.16. The number of benzene rings is 1. The molecule has 0 aliphatic heterocycles. The van der Waals surface area contributed by atoms with Crippen LogP contribution in [-0.4, -0.2) is 36.9 Å². The molecule has 2 amide bonds. The lowest BCUT2D eigenvalue weighted by atomic mass is 10.1. The van der Waals surface area contributed by atoms with Gasteiger partial charge in [-0.3, -0.25) is 14.5 Å². The van der Waals surface area contributed by atoms with Crippen LogP contribution in [0.2, 0.25) is 0 Å². The Morgan fingerprint density at radius 1 is 1.16 bits per heavy atom. The summed E-state index contributed by atoms with van der Waals surface area (Å²) in [6.45, 7) is 4.09. The number of hydrogen-bond acceptors (Lipinski definition) is 5. The molecule has 7 heteroatoms. The van der Waals surface area contributed by atoms with E-state index in [0.29, 0.717) is 10.6 Å². The first-order chi connectivity index (χ1) is 11.9. The van der Waals surface area contributed by atoms with Crippen molar-refractivity contribution < 1.29 is 9.59 Å². The summed E-state index contributed by atoms with van der Waals surface area (Å²) in [6, 6.07) is 9.41. The van der Waals surface area contributed by atoms with E-state index in [0.717, 1.165) is 16.8 Å². The summed E-state index contributed by atoms with van der Waals surface area (Å²) in [5.41, 5.74) is 3.35. The average molecular weight is 356 g/mol. The highest BCUT2D eigenvalue weighted by atomic mass is 32.1. The molecular weight excluding hydrogens is 336 g/mol. The second-order valence-corrected chi connectivity index (χ2v) is 6.71.